The third-order valence-electron chi connectivity index (χ3n) is 13.6. The third-order valence-corrected chi connectivity index (χ3v) is 13.6. The Bertz CT molecular complexity index is 1420. The third kappa shape index (κ3) is 59.5. The van der Waals surface area contributed by atoms with Crippen LogP contribution in [-0.2, 0) is 28.6 Å². The summed E-state index contributed by atoms with van der Waals surface area (Å²) in [5.41, 5.74) is 0. The molecular weight excluding hydrogens is 913 g/mol. The van der Waals surface area contributed by atoms with Gasteiger partial charge in [0.25, 0.3) is 0 Å². The van der Waals surface area contributed by atoms with E-state index in [4.69, 9.17) is 14.2 Å². The van der Waals surface area contributed by atoms with Crippen molar-refractivity contribution in [3.05, 3.63) is 85.1 Å². The number of unbranched alkanes of at least 4 members (excludes halogenated alkanes) is 32. The van der Waals surface area contributed by atoms with Gasteiger partial charge in [-0.25, -0.2) is 0 Å². The zero-order valence-corrected chi connectivity index (χ0v) is 48.8. The number of hydrogen-bond acceptors (Lipinski definition) is 6. The van der Waals surface area contributed by atoms with Crippen molar-refractivity contribution in [3.8, 4) is 0 Å². The van der Waals surface area contributed by atoms with Gasteiger partial charge in [0.05, 0.1) is 0 Å². The standard InChI is InChI=1S/C68H118O6/c1-4-7-10-13-16-19-22-25-28-30-31-32-33-34-35-36-37-39-40-43-46-49-52-55-58-61-67(70)73-64-65(63-72-66(69)60-57-54-51-48-45-42-27-24-21-18-15-12-9-6-3)74-68(71)62-59-56-53-50-47-44-41-38-29-26-23-20-17-14-11-8-5-2/h8,11,15,17-18,20,24,26-27,29,41,44,50,53,65H,4-7,9-10,12-14,16,19,21-23,25,28,30-40,42-43,45-49,51-52,54-64H2,1-3H3/b11-8-,18-15-,20-17-,27-24-,29-26-,44-41-,53-50-. The van der Waals surface area contributed by atoms with E-state index in [0.717, 1.165) is 103 Å². The average Bonchev–Trinajstić information content (AvgIpc) is 3.40. The predicted octanol–water partition coefficient (Wildman–Crippen LogP) is 21.5. The minimum absolute atomic E-state index is 0.102. The molecule has 0 N–H and O–H groups in total. The molecule has 0 spiro atoms. The molecule has 0 saturated carbocycles. The van der Waals surface area contributed by atoms with Crippen molar-refractivity contribution in [2.45, 2.75) is 316 Å². The normalized spacial score (nSPS) is 12.6. The van der Waals surface area contributed by atoms with Gasteiger partial charge in [-0.15, -0.1) is 0 Å². The van der Waals surface area contributed by atoms with Crippen LogP contribution in [0.4, 0.5) is 0 Å². The van der Waals surface area contributed by atoms with Gasteiger partial charge in [-0.1, -0.05) is 292 Å². The number of carbonyl (C=O) groups is 3. The van der Waals surface area contributed by atoms with Crippen molar-refractivity contribution in [2.75, 3.05) is 13.2 Å². The molecule has 0 aliphatic carbocycles. The van der Waals surface area contributed by atoms with Crippen LogP contribution in [-0.4, -0.2) is 37.2 Å². The second-order valence-electron chi connectivity index (χ2n) is 20.9. The molecule has 0 aliphatic heterocycles. The van der Waals surface area contributed by atoms with Gasteiger partial charge < -0.3 is 14.2 Å². The van der Waals surface area contributed by atoms with Crippen molar-refractivity contribution in [3.63, 3.8) is 0 Å². The lowest BCUT2D eigenvalue weighted by molar-refractivity contribution is -0.167. The SMILES string of the molecule is CC/C=C\C/C=C\C/C=C\C/C=C\C/C=C\CCCC(=O)OC(COC(=O)CCCCCCC/C=C\C/C=C\CCCC)COC(=O)CCCCCCCCCCCCCCCCCCCCCCCCCCC. The maximum Gasteiger partial charge on any atom is 0.306 e. The Labute approximate surface area is 458 Å². The number of allylic oxidation sites excluding steroid dienone is 14. The van der Waals surface area contributed by atoms with Crippen LogP contribution in [0.15, 0.2) is 85.1 Å². The molecule has 0 bridgehead atoms. The fourth-order valence-electron chi connectivity index (χ4n) is 8.91. The van der Waals surface area contributed by atoms with E-state index in [1.165, 1.54) is 161 Å². The van der Waals surface area contributed by atoms with Gasteiger partial charge >= 0.3 is 17.9 Å². The molecule has 6 heteroatoms. The maximum atomic E-state index is 12.9. The van der Waals surface area contributed by atoms with Gasteiger partial charge in [0.15, 0.2) is 6.10 Å². The first-order valence-corrected chi connectivity index (χ1v) is 31.6. The Kier molecular flexibility index (Phi) is 59.3. The smallest absolute Gasteiger partial charge is 0.306 e. The summed E-state index contributed by atoms with van der Waals surface area (Å²) in [6.07, 6.45) is 81.8. The fourth-order valence-corrected chi connectivity index (χ4v) is 8.91. The van der Waals surface area contributed by atoms with E-state index in [9.17, 15) is 14.4 Å². The highest BCUT2D eigenvalue weighted by Crippen LogP contribution is 2.17. The summed E-state index contributed by atoms with van der Waals surface area (Å²) in [6.45, 7) is 6.46. The van der Waals surface area contributed by atoms with E-state index in [1.807, 2.05) is 0 Å². The van der Waals surface area contributed by atoms with Crippen LogP contribution in [0.3, 0.4) is 0 Å². The first-order valence-electron chi connectivity index (χ1n) is 31.6. The van der Waals surface area contributed by atoms with Crippen LogP contribution in [0.2, 0.25) is 0 Å². The Morgan fingerprint density at radius 3 is 0.905 bits per heavy atom. The van der Waals surface area contributed by atoms with Gasteiger partial charge in [0.2, 0.25) is 0 Å². The number of ether oxygens (including phenoxy) is 3. The minimum Gasteiger partial charge on any atom is -0.462 e. The first-order chi connectivity index (χ1) is 36.5. The van der Waals surface area contributed by atoms with Crippen LogP contribution in [0.25, 0.3) is 0 Å². The molecule has 0 saturated heterocycles. The molecule has 0 aromatic rings. The van der Waals surface area contributed by atoms with Crippen LogP contribution < -0.4 is 0 Å². The molecule has 0 heterocycles. The molecule has 0 aliphatic rings. The molecular formula is C68H118O6. The van der Waals surface area contributed by atoms with Crippen LogP contribution in [0.1, 0.15) is 310 Å². The van der Waals surface area contributed by atoms with Crippen molar-refractivity contribution < 1.29 is 28.6 Å². The summed E-state index contributed by atoms with van der Waals surface area (Å²) >= 11 is 0. The molecule has 1 unspecified atom stereocenters. The van der Waals surface area contributed by atoms with E-state index in [1.54, 1.807) is 0 Å². The Morgan fingerprint density at radius 1 is 0.284 bits per heavy atom. The maximum absolute atomic E-state index is 12.9. The second kappa shape index (κ2) is 62.1. The molecule has 426 valence electrons. The van der Waals surface area contributed by atoms with Crippen LogP contribution in [0.5, 0.6) is 0 Å². The highest BCUT2D eigenvalue weighted by atomic mass is 16.6. The first kappa shape index (κ1) is 70.6. The monoisotopic (exact) mass is 1030 g/mol. The van der Waals surface area contributed by atoms with Crippen LogP contribution in [0, 0.1) is 0 Å². The van der Waals surface area contributed by atoms with Crippen molar-refractivity contribution >= 4 is 17.9 Å². The summed E-state index contributed by atoms with van der Waals surface area (Å²) in [4.78, 5) is 38.2. The average molecular weight is 1030 g/mol. The minimum atomic E-state index is -0.812. The summed E-state index contributed by atoms with van der Waals surface area (Å²) in [5.74, 6) is -0.964. The van der Waals surface area contributed by atoms with Crippen molar-refractivity contribution in [1.29, 1.82) is 0 Å². The quantitative estimate of drug-likeness (QED) is 0.0261. The Morgan fingerprint density at radius 2 is 0.554 bits per heavy atom. The van der Waals surface area contributed by atoms with Gasteiger partial charge in [-0.2, -0.15) is 0 Å². The van der Waals surface area contributed by atoms with Gasteiger partial charge in [0.1, 0.15) is 13.2 Å². The van der Waals surface area contributed by atoms with Gasteiger partial charge in [-0.05, 0) is 83.5 Å². The zero-order valence-electron chi connectivity index (χ0n) is 48.8. The molecule has 0 rings (SSSR count). The number of rotatable bonds is 57. The molecule has 0 radical (unpaired) electrons. The van der Waals surface area contributed by atoms with E-state index in [0.29, 0.717) is 19.3 Å². The van der Waals surface area contributed by atoms with Gasteiger partial charge in [-0.3, -0.25) is 14.4 Å². The Hall–Kier alpha value is -3.41. The lowest BCUT2D eigenvalue weighted by Crippen LogP contribution is -2.30. The highest BCUT2D eigenvalue weighted by Gasteiger charge is 2.19. The number of hydrogen-bond donors (Lipinski definition) is 0. The molecule has 6 nitrogen and oxygen atoms in total. The lowest BCUT2D eigenvalue weighted by Gasteiger charge is -2.18. The van der Waals surface area contributed by atoms with E-state index < -0.39 is 6.10 Å². The predicted molar refractivity (Wildman–Crippen MR) is 321 cm³/mol. The topological polar surface area (TPSA) is 78.9 Å². The largest absolute Gasteiger partial charge is 0.462 e. The van der Waals surface area contributed by atoms with Crippen LogP contribution >= 0.6 is 0 Å². The van der Waals surface area contributed by atoms with Gasteiger partial charge in [0, 0.05) is 19.3 Å². The summed E-state index contributed by atoms with van der Waals surface area (Å²) in [5, 5.41) is 0. The number of esters is 3. The molecule has 1 atom stereocenters. The molecule has 0 aromatic heterocycles. The Balaban J connectivity index is 4.34. The molecule has 0 amide bonds. The highest BCUT2D eigenvalue weighted by molar-refractivity contribution is 5.71. The van der Waals surface area contributed by atoms with E-state index >= 15 is 0 Å². The molecule has 0 aromatic carbocycles. The molecule has 74 heavy (non-hydrogen) atoms. The van der Waals surface area contributed by atoms with E-state index in [2.05, 4.69) is 106 Å². The summed E-state index contributed by atoms with van der Waals surface area (Å²) in [6, 6.07) is 0. The number of carbonyl (C=O) groups excluding carboxylic acids is 3. The van der Waals surface area contributed by atoms with Crippen molar-refractivity contribution in [1.82, 2.24) is 0 Å². The lowest BCUT2D eigenvalue weighted by atomic mass is 10.0. The summed E-state index contributed by atoms with van der Waals surface area (Å²) < 4.78 is 16.8. The summed E-state index contributed by atoms with van der Waals surface area (Å²) in [7, 11) is 0. The zero-order chi connectivity index (χ0) is 53.6. The second-order valence-corrected chi connectivity index (χ2v) is 20.9. The van der Waals surface area contributed by atoms with E-state index in [-0.39, 0.29) is 37.5 Å². The van der Waals surface area contributed by atoms with Crippen molar-refractivity contribution in [2.24, 2.45) is 0 Å². The fraction of sp³-hybridized carbons (Fsp3) is 0.750. The molecule has 0 fully saturated rings.